The molecule has 1 unspecified atom stereocenters. The lowest BCUT2D eigenvalue weighted by Gasteiger charge is -2.19. The van der Waals surface area contributed by atoms with E-state index in [2.05, 4.69) is 48.2 Å². The molecule has 0 aromatic heterocycles. The van der Waals surface area contributed by atoms with E-state index in [1.807, 2.05) is 0 Å². The fourth-order valence-corrected chi connectivity index (χ4v) is 1.71. The molecular weight excluding hydrogens is 200 g/mol. The Kier molecular flexibility index (Phi) is 2.97. The Bertz CT molecular complexity index is 277. The quantitative estimate of drug-likeness (QED) is 0.756. The van der Waals surface area contributed by atoms with Gasteiger partial charge in [-0.15, -0.1) is 22.6 Å². The second-order valence-corrected chi connectivity index (χ2v) is 4.39. The highest BCUT2D eigenvalue weighted by Crippen LogP contribution is 2.34. The SMILES string of the molecule is CC(C)C1=NC2(N=N2)NC1C(C)C.Cl. The van der Waals surface area contributed by atoms with Crippen LogP contribution in [0.15, 0.2) is 15.2 Å². The van der Waals surface area contributed by atoms with E-state index in [9.17, 15) is 0 Å². The van der Waals surface area contributed by atoms with Crippen molar-refractivity contribution in [1.82, 2.24) is 5.32 Å². The summed E-state index contributed by atoms with van der Waals surface area (Å²) < 4.78 is 0. The first-order valence-corrected chi connectivity index (χ1v) is 4.85. The summed E-state index contributed by atoms with van der Waals surface area (Å²) in [7, 11) is 0. The molecule has 0 saturated carbocycles. The second kappa shape index (κ2) is 3.59. The average molecular weight is 217 g/mol. The van der Waals surface area contributed by atoms with Gasteiger partial charge in [-0.2, -0.15) is 0 Å². The third-order valence-corrected chi connectivity index (χ3v) is 2.50. The lowest BCUT2D eigenvalue weighted by atomic mass is 9.93. The van der Waals surface area contributed by atoms with E-state index in [4.69, 9.17) is 0 Å². The Morgan fingerprint density at radius 3 is 2.07 bits per heavy atom. The molecule has 1 atom stereocenters. The van der Waals surface area contributed by atoms with Crippen molar-refractivity contribution >= 4 is 18.1 Å². The van der Waals surface area contributed by atoms with Crippen LogP contribution in [0, 0.1) is 11.8 Å². The molecule has 2 aliphatic rings. The van der Waals surface area contributed by atoms with Crippen LogP contribution in [0.5, 0.6) is 0 Å². The summed E-state index contributed by atoms with van der Waals surface area (Å²) in [5.74, 6) is 0.464. The van der Waals surface area contributed by atoms with Crippen LogP contribution in [0.3, 0.4) is 0 Å². The van der Waals surface area contributed by atoms with E-state index in [0.29, 0.717) is 17.9 Å². The minimum absolute atomic E-state index is 0. The number of halogens is 1. The third-order valence-electron chi connectivity index (χ3n) is 2.50. The fourth-order valence-electron chi connectivity index (χ4n) is 1.71. The number of nitrogens with zero attached hydrogens (tertiary/aromatic N) is 3. The number of aliphatic imine (C=N–C) groups is 1. The van der Waals surface area contributed by atoms with Crippen molar-refractivity contribution in [3.63, 3.8) is 0 Å². The second-order valence-electron chi connectivity index (χ2n) is 4.39. The van der Waals surface area contributed by atoms with Gasteiger partial charge in [0.25, 0.3) is 0 Å². The van der Waals surface area contributed by atoms with Crippen LogP contribution in [0.25, 0.3) is 0 Å². The standard InChI is InChI=1S/C9H16N4.ClH/c1-5(2)7-8(6(3)4)11-9(10-7)12-13-9;/h5-7,10H,1-4H3;1H. The first-order valence-electron chi connectivity index (χ1n) is 4.85. The molecule has 2 aliphatic heterocycles. The van der Waals surface area contributed by atoms with Crippen LogP contribution in [-0.2, 0) is 0 Å². The van der Waals surface area contributed by atoms with E-state index >= 15 is 0 Å². The molecule has 0 bridgehead atoms. The Labute approximate surface area is 90.7 Å². The molecule has 0 aromatic carbocycles. The molecule has 2 heterocycles. The molecule has 4 nitrogen and oxygen atoms in total. The van der Waals surface area contributed by atoms with Gasteiger partial charge in [-0.05, 0) is 11.8 Å². The van der Waals surface area contributed by atoms with Crippen LogP contribution in [0.4, 0.5) is 0 Å². The summed E-state index contributed by atoms with van der Waals surface area (Å²) in [6, 6.07) is 0.343. The zero-order valence-electron chi connectivity index (χ0n) is 8.98. The number of hydrogen-bond donors (Lipinski definition) is 1. The molecule has 1 N–H and O–H groups in total. The lowest BCUT2D eigenvalue weighted by Crippen LogP contribution is -2.41. The maximum atomic E-state index is 4.51. The zero-order valence-corrected chi connectivity index (χ0v) is 9.80. The van der Waals surface area contributed by atoms with Gasteiger partial charge in [0, 0.05) is 5.71 Å². The highest BCUT2D eigenvalue weighted by molar-refractivity contribution is 5.93. The minimum atomic E-state index is -0.561. The molecule has 80 valence electrons. The molecule has 2 rings (SSSR count). The molecule has 1 spiro atoms. The van der Waals surface area contributed by atoms with Gasteiger partial charge in [0.1, 0.15) is 0 Å². The molecule has 0 fully saturated rings. The molecule has 14 heavy (non-hydrogen) atoms. The molecule has 0 aliphatic carbocycles. The van der Waals surface area contributed by atoms with Crippen molar-refractivity contribution < 1.29 is 0 Å². The van der Waals surface area contributed by atoms with Gasteiger partial charge in [-0.3, -0.25) is 0 Å². The summed E-state index contributed by atoms with van der Waals surface area (Å²) in [5.41, 5.74) is 1.21. The smallest absolute Gasteiger partial charge is 0.243 e. The Morgan fingerprint density at radius 1 is 1.21 bits per heavy atom. The van der Waals surface area contributed by atoms with E-state index in [-0.39, 0.29) is 12.4 Å². The molecule has 0 aromatic rings. The lowest BCUT2D eigenvalue weighted by molar-refractivity contribution is 0.427. The first kappa shape index (κ1) is 11.6. The number of rotatable bonds is 2. The van der Waals surface area contributed by atoms with Crippen molar-refractivity contribution in [2.45, 2.75) is 39.6 Å². The summed E-state index contributed by atoms with van der Waals surface area (Å²) in [6.07, 6.45) is 0. The van der Waals surface area contributed by atoms with E-state index in [0.717, 1.165) is 0 Å². The highest BCUT2D eigenvalue weighted by Gasteiger charge is 2.49. The monoisotopic (exact) mass is 216 g/mol. The highest BCUT2D eigenvalue weighted by atomic mass is 35.5. The topological polar surface area (TPSA) is 49.1 Å². The van der Waals surface area contributed by atoms with Gasteiger partial charge >= 0.3 is 5.91 Å². The normalized spacial score (nSPS) is 27.0. The van der Waals surface area contributed by atoms with E-state index < -0.39 is 5.91 Å². The van der Waals surface area contributed by atoms with Crippen LogP contribution in [-0.4, -0.2) is 17.7 Å². The molecule has 5 heteroatoms. The van der Waals surface area contributed by atoms with Gasteiger partial charge < -0.3 is 0 Å². The number of nitrogens with one attached hydrogen (secondary N) is 1. The Balaban J connectivity index is 0.000000980. The van der Waals surface area contributed by atoms with Crippen molar-refractivity contribution in [2.75, 3.05) is 0 Å². The van der Waals surface area contributed by atoms with E-state index in [1.54, 1.807) is 0 Å². The summed E-state index contributed by atoms with van der Waals surface area (Å²) in [5, 5.41) is 11.2. The van der Waals surface area contributed by atoms with Crippen LogP contribution < -0.4 is 5.32 Å². The summed E-state index contributed by atoms with van der Waals surface area (Å²) in [6.45, 7) is 8.71. The van der Waals surface area contributed by atoms with Crippen molar-refractivity contribution in [2.24, 2.45) is 27.1 Å². The van der Waals surface area contributed by atoms with Crippen molar-refractivity contribution in [3.05, 3.63) is 0 Å². The molecule has 0 radical (unpaired) electrons. The maximum absolute atomic E-state index is 4.51. The molecule has 0 amide bonds. The predicted molar refractivity (Wildman–Crippen MR) is 58.9 cm³/mol. The van der Waals surface area contributed by atoms with Gasteiger partial charge in [-0.1, -0.05) is 27.7 Å². The maximum Gasteiger partial charge on any atom is 0.342 e. The Hall–Kier alpha value is -0.480. The van der Waals surface area contributed by atoms with Gasteiger partial charge in [0.2, 0.25) is 0 Å². The molecular formula is C9H17ClN4. The van der Waals surface area contributed by atoms with Gasteiger partial charge in [0.05, 0.1) is 6.04 Å². The van der Waals surface area contributed by atoms with Crippen LogP contribution >= 0.6 is 12.4 Å². The van der Waals surface area contributed by atoms with Crippen LogP contribution in [0.1, 0.15) is 27.7 Å². The predicted octanol–water partition coefficient (Wildman–Crippen LogP) is 2.21. The summed E-state index contributed by atoms with van der Waals surface area (Å²) >= 11 is 0. The van der Waals surface area contributed by atoms with Crippen molar-refractivity contribution in [3.8, 4) is 0 Å². The van der Waals surface area contributed by atoms with Crippen molar-refractivity contribution in [1.29, 1.82) is 0 Å². The van der Waals surface area contributed by atoms with Crippen LogP contribution in [0.2, 0.25) is 0 Å². The minimum Gasteiger partial charge on any atom is -0.243 e. The first-order chi connectivity index (χ1) is 6.04. The van der Waals surface area contributed by atoms with Gasteiger partial charge in [-0.25, -0.2) is 10.3 Å². The van der Waals surface area contributed by atoms with Gasteiger partial charge in [0.15, 0.2) is 0 Å². The largest absolute Gasteiger partial charge is 0.342 e. The van der Waals surface area contributed by atoms with E-state index in [1.165, 1.54) is 5.71 Å². The average Bonchev–Trinajstić information content (AvgIpc) is 2.60. The third kappa shape index (κ3) is 1.81. The Morgan fingerprint density at radius 2 is 1.79 bits per heavy atom. The summed E-state index contributed by atoms with van der Waals surface area (Å²) in [4.78, 5) is 4.51. The molecule has 0 saturated heterocycles. The fraction of sp³-hybridized carbons (Fsp3) is 0.889. The zero-order chi connectivity index (χ0) is 9.64. The number of hydrogen-bond acceptors (Lipinski definition) is 4.